The van der Waals surface area contributed by atoms with Gasteiger partial charge in [0, 0.05) is 44.3 Å². The van der Waals surface area contributed by atoms with Crippen LogP contribution in [-0.2, 0) is 4.79 Å². The van der Waals surface area contributed by atoms with Crippen molar-refractivity contribution in [1.82, 2.24) is 20.7 Å². The third kappa shape index (κ3) is 2.97. The second-order valence-electron chi connectivity index (χ2n) is 8.46. The molecule has 4 fully saturated rings. The van der Waals surface area contributed by atoms with Crippen LogP contribution in [-0.4, -0.2) is 82.6 Å². The van der Waals surface area contributed by atoms with Gasteiger partial charge >= 0.3 is 0 Å². The Balaban J connectivity index is 1.65. The Kier molecular flexibility index (Phi) is 5.45. The summed E-state index contributed by atoms with van der Waals surface area (Å²) in [4.78, 5) is 14.1. The van der Waals surface area contributed by atoms with Crippen LogP contribution in [0.2, 0.25) is 0 Å². The summed E-state index contributed by atoms with van der Waals surface area (Å²) in [7, 11) is 2.12. The first-order valence-corrected chi connectivity index (χ1v) is 10.7. The van der Waals surface area contributed by atoms with Crippen LogP contribution in [0, 0.1) is 17.8 Å². The minimum Gasteiger partial charge on any atom is -0.387 e. The Morgan fingerprint density at radius 2 is 2.04 bits per heavy atom. The number of hydrazine groups is 1. The quantitative estimate of drug-likeness (QED) is 0.588. The molecule has 1 aliphatic carbocycles. The molecule has 4 rings (SSSR count). The highest BCUT2D eigenvalue weighted by Gasteiger charge is 2.58. The maximum Gasteiger partial charge on any atom is 0.248 e. The molecule has 26 heavy (non-hydrogen) atoms. The summed E-state index contributed by atoms with van der Waals surface area (Å²) >= 11 is 13.5. The van der Waals surface area contributed by atoms with Crippen LogP contribution >= 0.6 is 23.2 Å². The van der Waals surface area contributed by atoms with Gasteiger partial charge in [-0.05, 0) is 43.9 Å². The van der Waals surface area contributed by atoms with Gasteiger partial charge in [-0.25, -0.2) is 5.01 Å². The number of nitrogens with zero attached hydrogens (tertiary/aromatic N) is 2. The third-order valence-corrected chi connectivity index (χ3v) is 8.54. The van der Waals surface area contributed by atoms with Gasteiger partial charge in [-0.2, -0.15) is 0 Å². The number of nitrogens with one attached hydrogen (secondary N) is 2. The van der Waals surface area contributed by atoms with E-state index < -0.39 is 6.61 Å². The maximum atomic E-state index is 12.2. The van der Waals surface area contributed by atoms with Crippen molar-refractivity contribution in [2.75, 3.05) is 26.7 Å². The average molecular weight is 405 g/mol. The number of halogens is 2. The Labute approximate surface area is 165 Å². The summed E-state index contributed by atoms with van der Waals surface area (Å²) in [5.41, 5.74) is 3.43. The monoisotopic (exact) mass is 404 g/mol. The van der Waals surface area contributed by atoms with Gasteiger partial charge in [-0.15, -0.1) is 23.2 Å². The molecule has 8 heteroatoms. The van der Waals surface area contributed by atoms with Gasteiger partial charge in [0.2, 0.25) is 5.91 Å². The van der Waals surface area contributed by atoms with Crippen molar-refractivity contribution in [2.24, 2.45) is 17.8 Å². The molecule has 0 bridgehead atoms. The van der Waals surface area contributed by atoms with E-state index in [2.05, 4.69) is 29.7 Å². The van der Waals surface area contributed by atoms with E-state index in [1.165, 1.54) is 0 Å². The first-order valence-electron chi connectivity index (χ1n) is 9.85. The van der Waals surface area contributed by atoms with Crippen LogP contribution in [0.15, 0.2) is 0 Å². The zero-order valence-corrected chi connectivity index (χ0v) is 17.0. The second kappa shape index (κ2) is 7.37. The number of hydrogen-bond acceptors (Lipinski definition) is 5. The van der Waals surface area contributed by atoms with Crippen molar-refractivity contribution in [2.45, 2.75) is 61.1 Å². The molecule has 3 saturated heterocycles. The normalized spacial score (nSPS) is 49.1. The highest BCUT2D eigenvalue weighted by atomic mass is 35.5. The number of aliphatic hydroxyl groups excluding tert-OH is 1. The van der Waals surface area contributed by atoms with Gasteiger partial charge in [-0.3, -0.25) is 10.2 Å². The first kappa shape index (κ1) is 19.2. The zero-order chi connectivity index (χ0) is 18.6. The van der Waals surface area contributed by atoms with Crippen molar-refractivity contribution in [3.63, 3.8) is 0 Å². The number of carbonyl (C=O) groups excluding carboxylic acids is 1. The smallest absolute Gasteiger partial charge is 0.248 e. The average Bonchev–Trinajstić information content (AvgIpc) is 3.22. The lowest BCUT2D eigenvalue weighted by atomic mass is 9.64. The van der Waals surface area contributed by atoms with E-state index in [-0.39, 0.29) is 28.7 Å². The molecule has 3 heterocycles. The standard InChI is InChI=1S/C18H30Cl2N4O2/c1-9-15-12(4-6-24(9)14(26)8-25)22-18-16(15)10(7-11(19)17(18)20)13-3-5-21-23(13)2/h9-13,15-18,21-22,25H,3-8H2,1-2H3/t9-,10?,11?,12?,13?,15?,16?,17?,18?/m0/s1. The van der Waals surface area contributed by atoms with E-state index >= 15 is 0 Å². The highest BCUT2D eigenvalue weighted by Crippen LogP contribution is 2.51. The van der Waals surface area contributed by atoms with Crippen molar-refractivity contribution in [3.8, 4) is 0 Å². The van der Waals surface area contributed by atoms with E-state index in [9.17, 15) is 9.90 Å². The summed E-state index contributed by atoms with van der Waals surface area (Å²) < 4.78 is 0. The number of amides is 1. The predicted octanol–water partition coefficient (Wildman–Crippen LogP) is 0.616. The topological polar surface area (TPSA) is 67.8 Å². The van der Waals surface area contributed by atoms with Gasteiger partial charge in [0.1, 0.15) is 6.61 Å². The fourth-order valence-corrected chi connectivity index (χ4v) is 6.99. The van der Waals surface area contributed by atoms with E-state index in [1.807, 2.05) is 4.90 Å². The molecule has 1 saturated carbocycles. The predicted molar refractivity (Wildman–Crippen MR) is 102 cm³/mol. The lowest BCUT2D eigenvalue weighted by Gasteiger charge is -2.49. The number of fused-ring (bicyclic) bond motifs is 3. The molecular weight excluding hydrogens is 375 g/mol. The number of alkyl halides is 2. The highest BCUT2D eigenvalue weighted by molar-refractivity contribution is 6.30. The molecule has 3 aliphatic heterocycles. The summed E-state index contributed by atoms with van der Waals surface area (Å²) in [6.45, 7) is 3.42. The van der Waals surface area contributed by atoms with E-state index in [1.54, 1.807) is 0 Å². The van der Waals surface area contributed by atoms with Crippen molar-refractivity contribution in [3.05, 3.63) is 0 Å². The summed E-state index contributed by atoms with van der Waals surface area (Å²) in [6, 6.07) is 1.11. The number of rotatable bonds is 2. The zero-order valence-electron chi connectivity index (χ0n) is 15.4. The molecule has 0 spiro atoms. The largest absolute Gasteiger partial charge is 0.387 e. The second-order valence-corrected chi connectivity index (χ2v) is 9.53. The molecule has 0 aromatic carbocycles. The summed E-state index contributed by atoms with van der Waals surface area (Å²) in [5.74, 6) is 1.04. The van der Waals surface area contributed by atoms with Crippen molar-refractivity contribution >= 4 is 29.1 Å². The first-order chi connectivity index (χ1) is 12.4. The fourth-order valence-electron chi connectivity index (χ4n) is 6.29. The summed E-state index contributed by atoms with van der Waals surface area (Å²) in [6.07, 6.45) is 2.95. The van der Waals surface area contributed by atoms with Crippen LogP contribution in [0.1, 0.15) is 26.2 Å². The number of hydrogen-bond donors (Lipinski definition) is 3. The van der Waals surface area contributed by atoms with Gasteiger partial charge in [-0.1, -0.05) is 0 Å². The van der Waals surface area contributed by atoms with Gasteiger partial charge in [0.25, 0.3) is 0 Å². The molecule has 3 N–H and O–H groups in total. The Bertz CT molecular complexity index is 553. The molecule has 0 radical (unpaired) electrons. The van der Waals surface area contributed by atoms with E-state index in [0.29, 0.717) is 36.4 Å². The van der Waals surface area contributed by atoms with Crippen molar-refractivity contribution in [1.29, 1.82) is 0 Å². The Hall–Kier alpha value is -0.110. The fraction of sp³-hybridized carbons (Fsp3) is 0.944. The van der Waals surface area contributed by atoms with Crippen molar-refractivity contribution < 1.29 is 9.90 Å². The Morgan fingerprint density at radius 3 is 2.69 bits per heavy atom. The van der Waals surface area contributed by atoms with Gasteiger partial charge in [0.15, 0.2) is 0 Å². The number of carbonyl (C=O) groups is 1. The molecule has 4 aliphatic rings. The summed E-state index contributed by atoms with van der Waals surface area (Å²) in [5, 5.41) is 15.3. The third-order valence-electron chi connectivity index (χ3n) is 7.39. The molecule has 0 aromatic heterocycles. The molecule has 0 aromatic rings. The van der Waals surface area contributed by atoms with Crippen LogP contribution in [0.3, 0.4) is 0 Å². The molecule has 6 nitrogen and oxygen atoms in total. The Morgan fingerprint density at radius 1 is 1.27 bits per heavy atom. The van der Waals surface area contributed by atoms with E-state index in [0.717, 1.165) is 25.8 Å². The minimum absolute atomic E-state index is 0.0324. The lowest BCUT2D eigenvalue weighted by molar-refractivity contribution is -0.140. The SMILES string of the molecule is C[C@H]1C2C(CCN1C(=O)CO)NC1C(Cl)C(Cl)CC(C3CCNN3C)C12. The minimum atomic E-state index is -0.413. The lowest BCUT2D eigenvalue weighted by Crippen LogP contribution is -2.57. The van der Waals surface area contributed by atoms with Crippen LogP contribution in [0.5, 0.6) is 0 Å². The van der Waals surface area contributed by atoms with Crippen LogP contribution in [0.25, 0.3) is 0 Å². The van der Waals surface area contributed by atoms with Gasteiger partial charge < -0.3 is 15.3 Å². The molecular formula is C18H30Cl2N4O2. The molecule has 1 amide bonds. The molecule has 9 atom stereocenters. The number of piperidine rings is 1. The van der Waals surface area contributed by atoms with Crippen LogP contribution < -0.4 is 10.7 Å². The number of likely N-dealkylation sites (tertiary alicyclic amines) is 1. The molecule has 8 unspecified atom stereocenters. The van der Waals surface area contributed by atoms with Gasteiger partial charge in [0.05, 0.1) is 10.8 Å². The maximum absolute atomic E-state index is 12.2. The van der Waals surface area contributed by atoms with Crippen LogP contribution in [0.4, 0.5) is 0 Å². The number of aliphatic hydroxyl groups is 1. The van der Waals surface area contributed by atoms with E-state index in [4.69, 9.17) is 23.2 Å². The molecule has 148 valence electrons.